The lowest BCUT2D eigenvalue weighted by molar-refractivity contribution is 0.101. The third-order valence-corrected chi connectivity index (χ3v) is 5.20. The first kappa shape index (κ1) is 16.8. The van der Waals surface area contributed by atoms with Crippen molar-refractivity contribution >= 4 is 11.9 Å². The summed E-state index contributed by atoms with van der Waals surface area (Å²) in [4.78, 5) is 19.1. The molecular formula is C21H22N2O3. The van der Waals surface area contributed by atoms with Gasteiger partial charge in [-0.05, 0) is 56.1 Å². The number of ether oxygens (including phenoxy) is 1. The van der Waals surface area contributed by atoms with Crippen molar-refractivity contribution < 1.29 is 14.6 Å². The van der Waals surface area contributed by atoms with E-state index in [1.165, 1.54) is 6.42 Å². The van der Waals surface area contributed by atoms with E-state index in [-0.39, 0.29) is 17.3 Å². The number of aromatic nitrogens is 1. The van der Waals surface area contributed by atoms with Crippen molar-refractivity contribution in [3.05, 3.63) is 59.1 Å². The maximum atomic E-state index is 12.7. The number of pyridine rings is 1. The number of phenolic OH excluding ortho intramolecular Hbond substituents is 1. The summed E-state index contributed by atoms with van der Waals surface area (Å²) in [7, 11) is 0. The molecule has 0 amide bonds. The van der Waals surface area contributed by atoms with Gasteiger partial charge < -0.3 is 9.84 Å². The molecule has 3 heterocycles. The molecule has 2 aliphatic heterocycles. The Morgan fingerprint density at radius 2 is 2.23 bits per heavy atom. The molecule has 134 valence electrons. The fraction of sp³-hybridized carbons (Fsp3) is 0.333. The van der Waals surface area contributed by atoms with Crippen LogP contribution in [0.25, 0.3) is 6.08 Å². The number of ketones is 1. The summed E-state index contributed by atoms with van der Waals surface area (Å²) in [5, 5.41) is 10.4. The number of hydrogen-bond donors (Lipinski definition) is 1. The third kappa shape index (κ3) is 3.10. The lowest BCUT2D eigenvalue weighted by atomic mass is 10.0. The van der Waals surface area contributed by atoms with Crippen molar-refractivity contribution in [2.45, 2.75) is 38.8 Å². The normalized spacial score (nSPS) is 21.7. The number of allylic oxidation sites excluding steroid dienone is 1. The predicted molar refractivity (Wildman–Crippen MR) is 99.0 cm³/mol. The van der Waals surface area contributed by atoms with E-state index in [4.69, 9.17) is 4.74 Å². The van der Waals surface area contributed by atoms with E-state index < -0.39 is 0 Å². The van der Waals surface area contributed by atoms with E-state index in [1.54, 1.807) is 30.6 Å². The van der Waals surface area contributed by atoms with Gasteiger partial charge in [0.2, 0.25) is 5.78 Å². The molecule has 1 atom stereocenters. The Morgan fingerprint density at radius 3 is 3.00 bits per heavy atom. The number of nitrogens with zero attached hydrogens (tertiary/aromatic N) is 2. The highest BCUT2D eigenvalue weighted by atomic mass is 16.5. The summed E-state index contributed by atoms with van der Waals surface area (Å²) in [6, 6.07) is 7.38. The van der Waals surface area contributed by atoms with Gasteiger partial charge in [-0.3, -0.25) is 14.7 Å². The average molecular weight is 350 g/mol. The highest BCUT2D eigenvalue weighted by Gasteiger charge is 2.32. The third-order valence-electron chi connectivity index (χ3n) is 5.20. The first-order chi connectivity index (χ1) is 12.6. The zero-order chi connectivity index (χ0) is 18.1. The second kappa shape index (κ2) is 6.92. The smallest absolute Gasteiger partial charge is 0.231 e. The second-order valence-corrected chi connectivity index (χ2v) is 6.98. The van der Waals surface area contributed by atoms with Crippen LogP contribution in [0.4, 0.5) is 0 Å². The number of aromatic hydroxyl groups is 1. The number of likely N-dealkylation sites (tertiary alicyclic amines) is 1. The van der Waals surface area contributed by atoms with Crippen LogP contribution in [0.5, 0.6) is 11.5 Å². The summed E-state index contributed by atoms with van der Waals surface area (Å²) >= 11 is 0. The molecule has 2 aliphatic rings. The van der Waals surface area contributed by atoms with Crippen LogP contribution in [0.1, 0.15) is 47.7 Å². The Balaban J connectivity index is 1.66. The molecule has 0 spiro atoms. The van der Waals surface area contributed by atoms with Crippen molar-refractivity contribution in [1.29, 1.82) is 0 Å². The molecule has 26 heavy (non-hydrogen) atoms. The quantitative estimate of drug-likeness (QED) is 0.854. The largest absolute Gasteiger partial charge is 0.507 e. The number of Topliss-reactive ketones (excluding diaryl/α,β-unsaturated/α-hetero) is 1. The first-order valence-electron chi connectivity index (χ1n) is 9.06. The number of benzene rings is 1. The van der Waals surface area contributed by atoms with E-state index in [2.05, 4.69) is 16.8 Å². The van der Waals surface area contributed by atoms with E-state index in [0.717, 1.165) is 24.9 Å². The van der Waals surface area contributed by atoms with Gasteiger partial charge in [0.05, 0.1) is 11.1 Å². The molecule has 0 unspecified atom stereocenters. The van der Waals surface area contributed by atoms with Crippen LogP contribution in [-0.4, -0.2) is 33.4 Å². The maximum Gasteiger partial charge on any atom is 0.231 e. The number of fused-ring (bicyclic) bond motifs is 1. The molecular weight excluding hydrogens is 328 g/mol. The van der Waals surface area contributed by atoms with E-state index in [0.29, 0.717) is 29.5 Å². The van der Waals surface area contributed by atoms with Crippen LogP contribution in [0.3, 0.4) is 0 Å². The Bertz CT molecular complexity index is 861. The Kier molecular flexibility index (Phi) is 4.47. The minimum absolute atomic E-state index is 0.156. The maximum absolute atomic E-state index is 12.7. The lowest BCUT2D eigenvalue weighted by Gasteiger charge is -2.33. The lowest BCUT2D eigenvalue weighted by Crippen LogP contribution is -2.36. The molecule has 1 aromatic heterocycles. The molecule has 0 aliphatic carbocycles. The standard InChI is InChI=1S/C21H22N2O3/c1-14-5-2-3-10-23(14)13-17-18(24)8-7-16-20(25)19(26-21(16)17)11-15-6-4-9-22-12-15/h4,6-9,11-12,14,24H,2-3,5,10,13H2,1H3/t14-/m0/s1. The minimum Gasteiger partial charge on any atom is -0.507 e. The van der Waals surface area contributed by atoms with Gasteiger partial charge in [-0.25, -0.2) is 0 Å². The fourth-order valence-corrected chi connectivity index (χ4v) is 3.66. The van der Waals surface area contributed by atoms with E-state index >= 15 is 0 Å². The SMILES string of the molecule is C[C@H]1CCCCN1Cc1c(O)ccc2c1OC(=Cc1cccnc1)C2=O. The number of piperidine rings is 1. The molecule has 0 radical (unpaired) electrons. The van der Waals surface area contributed by atoms with E-state index in [1.807, 2.05) is 12.1 Å². The number of rotatable bonds is 3. The fourth-order valence-electron chi connectivity index (χ4n) is 3.66. The molecule has 2 aromatic rings. The Hall–Kier alpha value is -2.66. The van der Waals surface area contributed by atoms with Crippen LogP contribution < -0.4 is 4.74 Å². The molecule has 0 bridgehead atoms. The Morgan fingerprint density at radius 1 is 1.35 bits per heavy atom. The topological polar surface area (TPSA) is 62.7 Å². The van der Waals surface area contributed by atoms with Crippen LogP contribution in [-0.2, 0) is 6.54 Å². The van der Waals surface area contributed by atoms with Crippen molar-refractivity contribution in [2.75, 3.05) is 6.54 Å². The van der Waals surface area contributed by atoms with Crippen LogP contribution in [0.15, 0.2) is 42.4 Å². The molecule has 5 nitrogen and oxygen atoms in total. The summed E-state index contributed by atoms with van der Waals surface area (Å²) in [6.45, 7) is 3.79. The molecule has 1 N–H and O–H groups in total. The van der Waals surface area contributed by atoms with Gasteiger partial charge in [-0.15, -0.1) is 0 Å². The van der Waals surface area contributed by atoms with Gasteiger partial charge in [0.25, 0.3) is 0 Å². The van der Waals surface area contributed by atoms with Gasteiger partial charge >= 0.3 is 0 Å². The molecule has 1 aromatic carbocycles. The van der Waals surface area contributed by atoms with Gasteiger partial charge in [0.15, 0.2) is 5.76 Å². The van der Waals surface area contributed by atoms with Crippen molar-refractivity contribution in [1.82, 2.24) is 9.88 Å². The summed E-state index contributed by atoms with van der Waals surface area (Å²) in [5.74, 6) is 0.781. The van der Waals surface area contributed by atoms with Gasteiger partial charge in [-0.1, -0.05) is 12.5 Å². The van der Waals surface area contributed by atoms with Crippen LogP contribution in [0.2, 0.25) is 0 Å². The van der Waals surface area contributed by atoms with Crippen molar-refractivity contribution in [3.8, 4) is 11.5 Å². The molecule has 1 fully saturated rings. The summed E-state index contributed by atoms with van der Waals surface area (Å²) in [5.41, 5.74) is 2.01. The molecule has 4 rings (SSSR count). The predicted octanol–water partition coefficient (Wildman–Crippen LogP) is 3.78. The molecule has 0 saturated carbocycles. The first-order valence-corrected chi connectivity index (χ1v) is 9.06. The van der Waals surface area contributed by atoms with Gasteiger partial charge in [0.1, 0.15) is 11.5 Å². The van der Waals surface area contributed by atoms with Crippen molar-refractivity contribution in [2.24, 2.45) is 0 Å². The minimum atomic E-state index is -0.156. The molecule has 1 saturated heterocycles. The molecule has 5 heteroatoms. The zero-order valence-corrected chi connectivity index (χ0v) is 14.8. The number of hydrogen-bond acceptors (Lipinski definition) is 5. The van der Waals surface area contributed by atoms with Gasteiger partial charge in [-0.2, -0.15) is 0 Å². The monoisotopic (exact) mass is 350 g/mol. The highest BCUT2D eigenvalue weighted by molar-refractivity contribution is 6.14. The highest BCUT2D eigenvalue weighted by Crippen LogP contribution is 2.40. The number of phenols is 1. The zero-order valence-electron chi connectivity index (χ0n) is 14.8. The number of carbonyl (C=O) groups excluding carboxylic acids is 1. The summed E-state index contributed by atoms with van der Waals surface area (Å²) < 4.78 is 5.91. The summed E-state index contributed by atoms with van der Waals surface area (Å²) in [6.07, 6.45) is 8.61. The van der Waals surface area contributed by atoms with Crippen molar-refractivity contribution in [3.63, 3.8) is 0 Å². The second-order valence-electron chi connectivity index (χ2n) is 6.98. The number of carbonyl (C=O) groups is 1. The Labute approximate surface area is 152 Å². The van der Waals surface area contributed by atoms with Gasteiger partial charge in [0, 0.05) is 25.0 Å². The van der Waals surface area contributed by atoms with E-state index in [9.17, 15) is 9.90 Å². The average Bonchev–Trinajstić information content (AvgIpc) is 2.96. The van der Waals surface area contributed by atoms with Crippen LogP contribution >= 0.6 is 0 Å². The van der Waals surface area contributed by atoms with Crippen LogP contribution in [0, 0.1) is 0 Å².